The Morgan fingerprint density at radius 1 is 1.38 bits per heavy atom. The highest BCUT2D eigenvalue weighted by molar-refractivity contribution is 6.02. The van der Waals surface area contributed by atoms with Crippen molar-refractivity contribution in [3.8, 4) is 0 Å². The topological polar surface area (TPSA) is 95.9 Å². The van der Waals surface area contributed by atoms with Crippen molar-refractivity contribution in [3.05, 3.63) is 29.7 Å². The summed E-state index contributed by atoms with van der Waals surface area (Å²) in [7, 11) is 1.81. The lowest BCUT2D eigenvalue weighted by molar-refractivity contribution is -0.121. The van der Waals surface area contributed by atoms with Crippen molar-refractivity contribution in [2.24, 2.45) is 7.05 Å². The van der Waals surface area contributed by atoms with Crippen molar-refractivity contribution in [2.75, 3.05) is 11.4 Å². The molecule has 4 rings (SSSR count). The second-order valence-corrected chi connectivity index (χ2v) is 6.48. The van der Waals surface area contributed by atoms with Gasteiger partial charge in [0.05, 0.1) is 17.5 Å². The summed E-state index contributed by atoms with van der Waals surface area (Å²) in [6.07, 6.45) is 6.99. The Morgan fingerprint density at radius 2 is 2.21 bits per heavy atom. The number of rotatable bonds is 4. The van der Waals surface area contributed by atoms with E-state index in [9.17, 15) is 9.59 Å². The molecule has 2 amide bonds. The molecule has 0 aromatic carbocycles. The van der Waals surface area contributed by atoms with Gasteiger partial charge in [-0.1, -0.05) is 0 Å². The Hall–Kier alpha value is -2.64. The summed E-state index contributed by atoms with van der Waals surface area (Å²) >= 11 is 0. The number of anilines is 1. The summed E-state index contributed by atoms with van der Waals surface area (Å²) in [6, 6.07) is 1.29. The normalized spacial score (nSPS) is 21.1. The Kier molecular flexibility index (Phi) is 3.59. The molecule has 8 heteroatoms. The quantitative estimate of drug-likeness (QED) is 0.873. The van der Waals surface area contributed by atoms with Crippen molar-refractivity contribution in [1.82, 2.24) is 25.3 Å². The molecule has 0 radical (unpaired) electrons. The summed E-state index contributed by atoms with van der Waals surface area (Å²) in [5, 5.41) is 14.1. The number of carbonyl (C=O) groups is 2. The van der Waals surface area contributed by atoms with Gasteiger partial charge < -0.3 is 5.32 Å². The first-order chi connectivity index (χ1) is 11.6. The largest absolute Gasteiger partial charge is 0.340 e. The van der Waals surface area contributed by atoms with E-state index in [-0.39, 0.29) is 11.8 Å². The fraction of sp³-hybridized carbons (Fsp3) is 0.500. The molecule has 8 nitrogen and oxygen atoms in total. The van der Waals surface area contributed by atoms with Crippen LogP contribution in [-0.2, 0) is 11.8 Å². The van der Waals surface area contributed by atoms with Gasteiger partial charge in [-0.05, 0) is 25.7 Å². The molecule has 3 heterocycles. The predicted octanol–water partition coefficient (Wildman–Crippen LogP) is 0.946. The van der Waals surface area contributed by atoms with E-state index in [4.69, 9.17) is 0 Å². The van der Waals surface area contributed by atoms with Gasteiger partial charge in [0.25, 0.3) is 11.8 Å². The van der Waals surface area contributed by atoms with E-state index in [1.807, 2.05) is 13.1 Å². The third kappa shape index (κ3) is 2.68. The summed E-state index contributed by atoms with van der Waals surface area (Å²) in [5.74, 6) is 0.695. The summed E-state index contributed by atoms with van der Waals surface area (Å²) in [6.45, 7) is 0.626. The number of aryl methyl sites for hydroxylation is 1. The highest BCUT2D eigenvalue weighted by Crippen LogP contribution is 2.40. The van der Waals surface area contributed by atoms with Crippen LogP contribution in [0.25, 0.3) is 0 Å². The first-order valence-electron chi connectivity index (χ1n) is 8.28. The number of amides is 2. The summed E-state index contributed by atoms with van der Waals surface area (Å²) in [5.41, 5.74) is 1.44. The van der Waals surface area contributed by atoms with E-state index in [1.54, 1.807) is 22.0 Å². The van der Waals surface area contributed by atoms with Crippen LogP contribution < -0.4 is 10.2 Å². The van der Waals surface area contributed by atoms with Gasteiger partial charge in [0.1, 0.15) is 6.04 Å². The van der Waals surface area contributed by atoms with Crippen LogP contribution in [0.1, 0.15) is 47.7 Å². The number of nitrogens with one attached hydrogen (secondary N) is 2. The minimum atomic E-state index is -0.518. The van der Waals surface area contributed by atoms with E-state index in [0.717, 1.165) is 25.0 Å². The molecular weight excluding hydrogens is 308 g/mol. The fourth-order valence-corrected chi connectivity index (χ4v) is 3.18. The van der Waals surface area contributed by atoms with Gasteiger partial charge in [-0.15, -0.1) is 0 Å². The Balaban J connectivity index is 1.48. The van der Waals surface area contributed by atoms with Gasteiger partial charge >= 0.3 is 0 Å². The predicted molar refractivity (Wildman–Crippen MR) is 86.6 cm³/mol. The zero-order valence-corrected chi connectivity index (χ0v) is 13.5. The number of aromatic amines is 1. The van der Waals surface area contributed by atoms with Crippen LogP contribution in [0.15, 0.2) is 18.5 Å². The van der Waals surface area contributed by atoms with Gasteiger partial charge in [-0.3, -0.25) is 24.3 Å². The molecule has 24 heavy (non-hydrogen) atoms. The molecular formula is C16H20N6O2. The number of hydrogen-bond acceptors (Lipinski definition) is 4. The molecule has 2 aromatic rings. The maximum Gasteiger partial charge on any atom is 0.255 e. The van der Waals surface area contributed by atoms with Crippen molar-refractivity contribution in [2.45, 2.75) is 37.6 Å². The van der Waals surface area contributed by atoms with Crippen LogP contribution in [0.3, 0.4) is 0 Å². The lowest BCUT2D eigenvalue weighted by Crippen LogP contribution is -2.52. The third-order valence-corrected chi connectivity index (χ3v) is 4.62. The smallest absolute Gasteiger partial charge is 0.255 e. The SMILES string of the molecule is Cn1ccc(N2CCCC(NC(=O)c3cn[nH]c3C3CC3)C2=O)n1. The molecule has 0 bridgehead atoms. The average Bonchev–Trinajstić information content (AvgIpc) is 3.13. The molecule has 1 aliphatic heterocycles. The van der Waals surface area contributed by atoms with Gasteiger partial charge in [-0.2, -0.15) is 10.2 Å². The van der Waals surface area contributed by atoms with Crippen LogP contribution in [-0.4, -0.2) is 44.4 Å². The van der Waals surface area contributed by atoms with Crippen LogP contribution in [0.2, 0.25) is 0 Å². The maximum atomic E-state index is 12.7. The van der Waals surface area contributed by atoms with Crippen LogP contribution >= 0.6 is 0 Å². The van der Waals surface area contributed by atoms with Gasteiger partial charge in [0, 0.05) is 31.8 Å². The van der Waals surface area contributed by atoms with E-state index in [0.29, 0.717) is 30.3 Å². The van der Waals surface area contributed by atoms with Crippen LogP contribution in [0.4, 0.5) is 5.82 Å². The highest BCUT2D eigenvalue weighted by atomic mass is 16.2. The standard InChI is InChI=1S/C16H20N6O2/c1-21-8-6-13(20-21)22-7-2-3-12(16(22)24)18-15(23)11-9-17-19-14(11)10-4-5-10/h6,8-10,12H,2-5,7H2,1H3,(H,17,19)(H,18,23). The molecule has 2 fully saturated rings. The zero-order chi connectivity index (χ0) is 16.7. The number of hydrogen-bond donors (Lipinski definition) is 2. The third-order valence-electron chi connectivity index (χ3n) is 4.62. The van der Waals surface area contributed by atoms with Gasteiger partial charge in [-0.25, -0.2) is 0 Å². The summed E-state index contributed by atoms with van der Waals surface area (Å²) < 4.78 is 1.66. The van der Waals surface area contributed by atoms with E-state index in [2.05, 4.69) is 20.6 Å². The minimum absolute atomic E-state index is 0.107. The molecule has 1 aliphatic carbocycles. The molecule has 0 spiro atoms. The minimum Gasteiger partial charge on any atom is -0.340 e. The Bertz CT molecular complexity index is 775. The van der Waals surface area contributed by atoms with Gasteiger partial charge in [0.15, 0.2) is 5.82 Å². The lowest BCUT2D eigenvalue weighted by Gasteiger charge is -2.31. The molecule has 2 aliphatic rings. The first-order valence-corrected chi connectivity index (χ1v) is 8.28. The summed E-state index contributed by atoms with van der Waals surface area (Å²) in [4.78, 5) is 26.9. The number of piperidine rings is 1. The molecule has 1 saturated heterocycles. The molecule has 1 saturated carbocycles. The molecule has 1 atom stereocenters. The van der Waals surface area contributed by atoms with Crippen LogP contribution in [0, 0.1) is 0 Å². The zero-order valence-electron chi connectivity index (χ0n) is 13.5. The van der Waals surface area contributed by atoms with Crippen LogP contribution in [0.5, 0.6) is 0 Å². The first kappa shape index (κ1) is 14.9. The maximum absolute atomic E-state index is 12.7. The van der Waals surface area contributed by atoms with Crippen molar-refractivity contribution in [1.29, 1.82) is 0 Å². The van der Waals surface area contributed by atoms with E-state index < -0.39 is 6.04 Å². The molecule has 2 aromatic heterocycles. The number of aromatic nitrogens is 4. The van der Waals surface area contributed by atoms with Crippen molar-refractivity contribution < 1.29 is 9.59 Å². The Morgan fingerprint density at radius 3 is 2.92 bits per heavy atom. The number of carbonyl (C=O) groups excluding carboxylic acids is 2. The highest BCUT2D eigenvalue weighted by Gasteiger charge is 2.34. The van der Waals surface area contributed by atoms with Crippen molar-refractivity contribution >= 4 is 17.6 Å². The Labute approximate surface area is 139 Å². The number of H-pyrrole nitrogens is 1. The average molecular weight is 328 g/mol. The monoisotopic (exact) mass is 328 g/mol. The second-order valence-electron chi connectivity index (χ2n) is 6.48. The van der Waals surface area contributed by atoms with Gasteiger partial charge in [0.2, 0.25) is 0 Å². The lowest BCUT2D eigenvalue weighted by atomic mass is 10.0. The second kappa shape index (κ2) is 5.77. The molecule has 2 N–H and O–H groups in total. The molecule has 1 unspecified atom stereocenters. The number of nitrogens with zero attached hydrogens (tertiary/aromatic N) is 4. The van der Waals surface area contributed by atoms with E-state index >= 15 is 0 Å². The van der Waals surface area contributed by atoms with E-state index in [1.165, 1.54) is 0 Å². The molecule has 126 valence electrons. The fourth-order valence-electron chi connectivity index (χ4n) is 3.18. The van der Waals surface area contributed by atoms with Crippen molar-refractivity contribution in [3.63, 3.8) is 0 Å².